The summed E-state index contributed by atoms with van der Waals surface area (Å²) in [5, 5.41) is 3.36. The van der Waals surface area contributed by atoms with Gasteiger partial charge in [-0.05, 0) is 31.0 Å². The first-order valence-corrected chi connectivity index (χ1v) is 6.68. The third-order valence-electron chi connectivity index (χ3n) is 3.55. The molecule has 4 heteroatoms. The molecule has 19 heavy (non-hydrogen) atoms. The molecule has 1 N–H and O–H groups in total. The molecular formula is C15H19N3O. The molecule has 0 bridgehead atoms. The van der Waals surface area contributed by atoms with Gasteiger partial charge in [0.2, 0.25) is 0 Å². The standard InChI is InChI=1S/C15H19N3O/c1-11-3-4-12(2)13(7-11)18-10-17-8-14(18)15-9-16-5-6-19-15/h3-4,7-8,10,15-16H,5-6,9H2,1-2H3. The second kappa shape index (κ2) is 5.15. The average molecular weight is 257 g/mol. The Balaban J connectivity index is 2.01. The highest BCUT2D eigenvalue weighted by Gasteiger charge is 2.20. The third-order valence-corrected chi connectivity index (χ3v) is 3.55. The van der Waals surface area contributed by atoms with E-state index in [0.717, 1.165) is 25.4 Å². The van der Waals surface area contributed by atoms with E-state index in [9.17, 15) is 0 Å². The summed E-state index contributed by atoms with van der Waals surface area (Å²) in [6, 6.07) is 6.47. The van der Waals surface area contributed by atoms with E-state index in [0.29, 0.717) is 0 Å². The predicted molar refractivity (Wildman–Crippen MR) is 74.6 cm³/mol. The highest BCUT2D eigenvalue weighted by molar-refractivity contribution is 5.44. The highest BCUT2D eigenvalue weighted by Crippen LogP contribution is 2.24. The normalized spacial score (nSPS) is 19.6. The minimum absolute atomic E-state index is 0.0798. The molecule has 0 amide bonds. The molecule has 1 aromatic heterocycles. The van der Waals surface area contributed by atoms with E-state index in [1.54, 1.807) is 0 Å². The van der Waals surface area contributed by atoms with Crippen LogP contribution in [0.1, 0.15) is 22.9 Å². The molecular weight excluding hydrogens is 238 g/mol. The largest absolute Gasteiger partial charge is 0.369 e. The minimum Gasteiger partial charge on any atom is -0.369 e. The first-order chi connectivity index (χ1) is 9.25. The van der Waals surface area contributed by atoms with E-state index < -0.39 is 0 Å². The predicted octanol–water partition coefficient (Wildman–Crippen LogP) is 2.15. The number of hydrogen-bond acceptors (Lipinski definition) is 3. The third kappa shape index (κ3) is 2.41. The summed E-state index contributed by atoms with van der Waals surface area (Å²) >= 11 is 0. The van der Waals surface area contributed by atoms with Crippen molar-refractivity contribution in [1.29, 1.82) is 0 Å². The molecule has 1 saturated heterocycles. The number of imidazole rings is 1. The van der Waals surface area contributed by atoms with Crippen LogP contribution in [0.25, 0.3) is 5.69 Å². The Morgan fingerprint density at radius 2 is 2.26 bits per heavy atom. The van der Waals surface area contributed by atoms with Gasteiger partial charge >= 0.3 is 0 Å². The maximum Gasteiger partial charge on any atom is 0.112 e. The summed E-state index contributed by atoms with van der Waals surface area (Å²) in [5.41, 5.74) is 4.79. The lowest BCUT2D eigenvalue weighted by Gasteiger charge is -2.25. The molecule has 0 spiro atoms. The Kier molecular flexibility index (Phi) is 3.36. The van der Waals surface area contributed by atoms with Crippen molar-refractivity contribution >= 4 is 0 Å². The molecule has 1 aliphatic rings. The first-order valence-electron chi connectivity index (χ1n) is 6.68. The van der Waals surface area contributed by atoms with Crippen molar-refractivity contribution in [1.82, 2.24) is 14.9 Å². The molecule has 1 aromatic carbocycles. The maximum absolute atomic E-state index is 5.83. The Labute approximate surface area is 113 Å². The zero-order valence-corrected chi connectivity index (χ0v) is 11.4. The fourth-order valence-corrected chi connectivity index (χ4v) is 2.48. The van der Waals surface area contributed by atoms with E-state index in [-0.39, 0.29) is 6.10 Å². The van der Waals surface area contributed by atoms with E-state index in [2.05, 4.69) is 46.9 Å². The summed E-state index contributed by atoms with van der Waals surface area (Å²) in [4.78, 5) is 4.30. The van der Waals surface area contributed by atoms with Crippen LogP contribution in [0.15, 0.2) is 30.7 Å². The van der Waals surface area contributed by atoms with Gasteiger partial charge in [-0.2, -0.15) is 0 Å². The topological polar surface area (TPSA) is 39.1 Å². The van der Waals surface area contributed by atoms with Crippen LogP contribution in [0, 0.1) is 13.8 Å². The average Bonchev–Trinajstić information content (AvgIpc) is 2.91. The van der Waals surface area contributed by atoms with Crippen LogP contribution in [0.3, 0.4) is 0 Å². The number of rotatable bonds is 2. The number of hydrogen-bond donors (Lipinski definition) is 1. The molecule has 1 fully saturated rings. The second-order valence-electron chi connectivity index (χ2n) is 5.04. The van der Waals surface area contributed by atoms with Gasteiger partial charge in [0, 0.05) is 13.1 Å². The Morgan fingerprint density at radius 1 is 1.37 bits per heavy atom. The van der Waals surface area contributed by atoms with Crippen molar-refractivity contribution in [2.45, 2.75) is 20.0 Å². The van der Waals surface area contributed by atoms with Gasteiger partial charge < -0.3 is 14.6 Å². The van der Waals surface area contributed by atoms with E-state index in [1.807, 2.05) is 12.5 Å². The summed E-state index contributed by atoms with van der Waals surface area (Å²) in [7, 11) is 0. The number of nitrogens with zero attached hydrogens (tertiary/aromatic N) is 2. The van der Waals surface area contributed by atoms with Crippen molar-refractivity contribution < 1.29 is 4.74 Å². The van der Waals surface area contributed by atoms with Crippen LogP contribution >= 0.6 is 0 Å². The lowest BCUT2D eigenvalue weighted by molar-refractivity contribution is 0.0240. The molecule has 0 aliphatic carbocycles. The number of aryl methyl sites for hydroxylation is 2. The van der Waals surface area contributed by atoms with Crippen molar-refractivity contribution in [2.24, 2.45) is 0 Å². The van der Waals surface area contributed by atoms with Crippen LogP contribution in [-0.4, -0.2) is 29.2 Å². The van der Waals surface area contributed by atoms with Gasteiger partial charge in [0.1, 0.15) is 6.10 Å². The second-order valence-corrected chi connectivity index (χ2v) is 5.04. The zero-order valence-electron chi connectivity index (χ0n) is 11.4. The monoisotopic (exact) mass is 257 g/mol. The van der Waals surface area contributed by atoms with Gasteiger partial charge in [-0.15, -0.1) is 0 Å². The lowest BCUT2D eigenvalue weighted by atomic mass is 10.1. The number of morpholine rings is 1. The molecule has 2 heterocycles. The molecule has 0 radical (unpaired) electrons. The molecule has 3 rings (SSSR count). The molecule has 100 valence electrons. The van der Waals surface area contributed by atoms with E-state index in [4.69, 9.17) is 4.74 Å². The fourth-order valence-electron chi connectivity index (χ4n) is 2.48. The van der Waals surface area contributed by atoms with Gasteiger partial charge in [-0.3, -0.25) is 0 Å². The van der Waals surface area contributed by atoms with E-state index in [1.165, 1.54) is 16.8 Å². The molecule has 1 aliphatic heterocycles. The summed E-state index contributed by atoms with van der Waals surface area (Å²) in [6.45, 7) is 6.75. The Morgan fingerprint density at radius 3 is 3.05 bits per heavy atom. The number of ether oxygens (including phenoxy) is 1. The molecule has 0 saturated carbocycles. The van der Waals surface area contributed by atoms with E-state index >= 15 is 0 Å². The summed E-state index contributed by atoms with van der Waals surface area (Å²) in [5.74, 6) is 0. The molecule has 1 unspecified atom stereocenters. The van der Waals surface area contributed by atoms with Crippen LogP contribution in [0.2, 0.25) is 0 Å². The number of aromatic nitrogens is 2. The molecule has 4 nitrogen and oxygen atoms in total. The van der Waals surface area contributed by atoms with Gasteiger partial charge in [0.25, 0.3) is 0 Å². The van der Waals surface area contributed by atoms with Crippen molar-refractivity contribution in [2.75, 3.05) is 19.7 Å². The van der Waals surface area contributed by atoms with Crippen LogP contribution in [0.5, 0.6) is 0 Å². The van der Waals surface area contributed by atoms with Crippen molar-refractivity contribution in [3.63, 3.8) is 0 Å². The maximum atomic E-state index is 5.83. The SMILES string of the molecule is Cc1ccc(C)c(-n2cncc2C2CNCCO2)c1. The quantitative estimate of drug-likeness (QED) is 0.896. The van der Waals surface area contributed by atoms with Crippen LogP contribution < -0.4 is 5.32 Å². The summed E-state index contributed by atoms with van der Waals surface area (Å²) in [6.07, 6.45) is 3.85. The van der Waals surface area contributed by atoms with Gasteiger partial charge in [-0.1, -0.05) is 12.1 Å². The number of benzene rings is 1. The Bertz CT molecular complexity index is 571. The van der Waals surface area contributed by atoms with Gasteiger partial charge in [0.15, 0.2) is 0 Å². The van der Waals surface area contributed by atoms with Crippen molar-refractivity contribution in [3.05, 3.63) is 47.5 Å². The zero-order chi connectivity index (χ0) is 13.2. The lowest BCUT2D eigenvalue weighted by Crippen LogP contribution is -2.34. The first kappa shape index (κ1) is 12.4. The minimum atomic E-state index is 0.0798. The van der Waals surface area contributed by atoms with Crippen LogP contribution in [-0.2, 0) is 4.74 Å². The molecule has 2 aromatic rings. The highest BCUT2D eigenvalue weighted by atomic mass is 16.5. The molecule has 1 atom stereocenters. The Hall–Kier alpha value is -1.65. The van der Waals surface area contributed by atoms with Gasteiger partial charge in [-0.25, -0.2) is 4.98 Å². The van der Waals surface area contributed by atoms with Gasteiger partial charge in [0.05, 0.1) is 30.5 Å². The van der Waals surface area contributed by atoms with Crippen molar-refractivity contribution in [3.8, 4) is 5.69 Å². The summed E-state index contributed by atoms with van der Waals surface area (Å²) < 4.78 is 7.97. The number of nitrogens with one attached hydrogen (secondary N) is 1. The fraction of sp³-hybridized carbons (Fsp3) is 0.400. The van der Waals surface area contributed by atoms with Crippen LogP contribution in [0.4, 0.5) is 0 Å². The smallest absolute Gasteiger partial charge is 0.112 e.